The fraction of sp³-hybridized carbons (Fsp3) is 0.405. The first-order valence-electron chi connectivity index (χ1n) is 35.4. The van der Waals surface area contributed by atoms with Crippen LogP contribution in [0.3, 0.4) is 0 Å². The van der Waals surface area contributed by atoms with Gasteiger partial charge in [-0.3, -0.25) is 62.3 Å². The highest BCUT2D eigenvalue weighted by Crippen LogP contribution is 2.32. The fourth-order valence-corrected chi connectivity index (χ4v) is 13.0. The quantitative estimate of drug-likeness (QED) is 0.0420. The van der Waals surface area contributed by atoms with Gasteiger partial charge in [0.2, 0.25) is 70.9 Å². The number of aliphatic carboxylic acids is 1. The fourth-order valence-electron chi connectivity index (χ4n) is 13.0. The largest absolute Gasteiger partial charge is 0.497 e. The Morgan fingerprint density at radius 1 is 0.670 bits per heavy atom. The molecule has 580 valence electrons. The van der Waals surface area contributed by atoms with Crippen molar-refractivity contribution in [2.45, 2.75) is 158 Å². The molecule has 10 atom stereocenters. The molecule has 3 aliphatic rings. The summed E-state index contributed by atoms with van der Waals surface area (Å²) < 4.78 is 41.3. The van der Waals surface area contributed by atoms with Gasteiger partial charge in [-0.2, -0.15) is 0 Å². The first-order chi connectivity index (χ1) is 52.1. The number of ether oxygens (including phenoxy) is 2. The number of carboxylic acids is 1. The number of nitrogens with zero attached hydrogens (tertiary/aromatic N) is 2. The molecule has 33 nitrogen and oxygen atoms in total. The summed E-state index contributed by atoms with van der Waals surface area (Å²) >= 11 is 0. The van der Waals surface area contributed by atoms with Crippen molar-refractivity contribution in [3.8, 4) is 11.5 Å². The number of unbranched alkanes of at least 4 members (excludes halogenated alkanes) is 1. The third-order valence-corrected chi connectivity index (χ3v) is 18.9. The first kappa shape index (κ1) is 80.8. The second-order valence-corrected chi connectivity index (χ2v) is 27.0. The minimum Gasteiger partial charge on any atom is -0.497 e. The van der Waals surface area contributed by atoms with E-state index in [0.29, 0.717) is 40.1 Å². The van der Waals surface area contributed by atoms with E-state index in [1.54, 1.807) is 48.5 Å². The molecule has 7 aromatic rings. The number of aromatic nitrogens is 4. The van der Waals surface area contributed by atoms with Crippen LogP contribution < -0.4 is 74.1 Å². The third kappa shape index (κ3) is 21.9. The maximum absolute atomic E-state index is 15.3. The number of rotatable bonds is 17. The molecule has 109 heavy (non-hydrogen) atoms. The molecule has 6 heterocycles. The Labute approximate surface area is 623 Å². The number of amides is 12. The number of primary amides is 1. The molecular weight excluding hydrogens is 1420 g/mol. The SMILES string of the molecule is COc1ccc(C[C@@H]2NC(=O)[C@H](Cc3cnc[nH]3)NC(=O)[C@H](CC(=O)O)NC(=O)[C@H](Cc3c[nH]c4ccc(F)cc34)NC(=O)[C@H](Cc3c[nH]c4ccc(F)cc34)NC(=O)[C@@H](C)NC(=O)[C@H](CCCCN)NC(=O)[C@@H](NC(C)=O)CC(=O)NCCOc3ccc(cc3)C[C@@H](C(N)=O)NC(=O)[C@]3(C)CCCN3C2=O)cc1. The van der Waals surface area contributed by atoms with Crippen LogP contribution in [0.15, 0.2) is 110 Å². The van der Waals surface area contributed by atoms with Crippen molar-refractivity contribution in [3.05, 3.63) is 149 Å². The second-order valence-electron chi connectivity index (χ2n) is 27.0. The summed E-state index contributed by atoms with van der Waals surface area (Å²) in [5.41, 5.74) is 12.5. The van der Waals surface area contributed by atoms with Crippen LogP contribution in [-0.4, -0.2) is 200 Å². The van der Waals surface area contributed by atoms with Crippen molar-refractivity contribution in [1.82, 2.24) is 78.0 Å². The van der Waals surface area contributed by atoms with E-state index in [2.05, 4.69) is 73.1 Å². The molecule has 1 saturated heterocycles. The zero-order valence-electron chi connectivity index (χ0n) is 60.3. The number of carboxylic acid groups (broad SMARTS) is 1. The number of aromatic amines is 3. The topological polar surface area (TPSA) is 496 Å². The normalized spacial score (nSPS) is 23.2. The summed E-state index contributed by atoms with van der Waals surface area (Å²) in [5, 5.41) is 36.7. The molecule has 0 saturated carbocycles. The molecule has 35 heteroatoms. The van der Waals surface area contributed by atoms with Crippen LogP contribution in [-0.2, 0) is 94.4 Å². The number of carbonyl (C=O) groups excluding carboxylic acids is 12. The average molecular weight is 1510 g/mol. The van der Waals surface area contributed by atoms with Gasteiger partial charge in [-0.25, -0.2) is 13.8 Å². The van der Waals surface area contributed by atoms with Crippen LogP contribution in [0.25, 0.3) is 21.8 Å². The molecule has 0 unspecified atom stereocenters. The Morgan fingerprint density at radius 3 is 1.81 bits per heavy atom. The summed E-state index contributed by atoms with van der Waals surface area (Å²) in [4.78, 5) is 200. The zero-order chi connectivity index (χ0) is 78.6. The predicted molar refractivity (Wildman–Crippen MR) is 389 cm³/mol. The van der Waals surface area contributed by atoms with Crippen LogP contribution in [0.2, 0.25) is 0 Å². The summed E-state index contributed by atoms with van der Waals surface area (Å²) in [6, 6.07) is 5.54. The highest BCUT2D eigenvalue weighted by Gasteiger charge is 2.49. The van der Waals surface area contributed by atoms with Crippen LogP contribution in [0.5, 0.6) is 11.5 Å². The number of methoxy groups -OCH3 is 1. The van der Waals surface area contributed by atoms with Gasteiger partial charge >= 0.3 is 5.97 Å². The van der Waals surface area contributed by atoms with E-state index in [1.807, 2.05) is 0 Å². The van der Waals surface area contributed by atoms with E-state index >= 15 is 23.6 Å². The van der Waals surface area contributed by atoms with E-state index in [9.17, 15) is 52.6 Å². The lowest BCUT2D eigenvalue weighted by atomic mass is 9.94. The Kier molecular flexibility index (Phi) is 27.6. The van der Waals surface area contributed by atoms with Gasteiger partial charge in [0.25, 0.3) is 0 Å². The summed E-state index contributed by atoms with van der Waals surface area (Å²) in [6.45, 7) is 3.81. The number of imidazole rings is 1. The van der Waals surface area contributed by atoms with Crippen LogP contribution in [0.1, 0.15) is 93.7 Å². The number of nitrogens with one attached hydrogen (secondary N) is 13. The lowest BCUT2D eigenvalue weighted by Gasteiger charge is -2.37. The number of fused-ring (bicyclic) bond motifs is 35. The van der Waals surface area contributed by atoms with Gasteiger partial charge in [-0.15, -0.1) is 0 Å². The number of hydrogen-bond acceptors (Lipinski definition) is 17. The molecular formula is C74H89F2N17O16. The van der Waals surface area contributed by atoms with Crippen LogP contribution >= 0.6 is 0 Å². The van der Waals surface area contributed by atoms with Crippen molar-refractivity contribution in [2.24, 2.45) is 11.5 Å². The Hall–Kier alpha value is -12.3. The Balaban J connectivity index is 1.08. The van der Waals surface area contributed by atoms with Crippen molar-refractivity contribution >= 4 is 98.7 Å². The van der Waals surface area contributed by atoms with Crippen molar-refractivity contribution in [3.63, 3.8) is 0 Å². The summed E-state index contributed by atoms with van der Waals surface area (Å²) in [7, 11) is 1.45. The molecule has 18 N–H and O–H groups in total. The summed E-state index contributed by atoms with van der Waals surface area (Å²) in [6.07, 6.45) is 2.86. The minimum atomic E-state index is -2.09. The lowest BCUT2D eigenvalue weighted by molar-refractivity contribution is -0.147. The smallest absolute Gasteiger partial charge is 0.305 e. The van der Waals surface area contributed by atoms with E-state index < -0.39 is 181 Å². The highest BCUT2D eigenvalue weighted by atomic mass is 19.1. The van der Waals surface area contributed by atoms with E-state index in [4.69, 9.17) is 20.9 Å². The highest BCUT2D eigenvalue weighted by molar-refractivity contribution is 6.01. The molecule has 1 fully saturated rings. The molecule has 0 spiro atoms. The Morgan fingerprint density at radius 2 is 1.24 bits per heavy atom. The Bertz CT molecular complexity index is 4480. The van der Waals surface area contributed by atoms with Gasteiger partial charge in [0.1, 0.15) is 89.7 Å². The number of nitrogens with two attached hydrogens (primary N) is 2. The minimum absolute atomic E-state index is 0.0154. The number of halogens is 2. The van der Waals surface area contributed by atoms with E-state index in [1.165, 1.54) is 75.0 Å². The molecule has 0 aliphatic carbocycles. The van der Waals surface area contributed by atoms with Crippen molar-refractivity contribution in [1.29, 1.82) is 0 Å². The van der Waals surface area contributed by atoms with E-state index in [0.717, 1.165) is 19.1 Å². The molecule has 0 radical (unpaired) electrons. The van der Waals surface area contributed by atoms with Gasteiger partial charge in [-0.1, -0.05) is 24.3 Å². The first-order valence-corrected chi connectivity index (χ1v) is 35.4. The standard InChI is InChI=1S/C74H89F2N17O16/c1-39-65(99)87-56(28-43-35-81-52-19-13-45(75)30-50(43)52)67(101)88-57(29-44-36-82-53-20-14-46(76)31-51(44)53)68(102)90-60(34-63(96)97)71(105)89-58(32-47-37-79-38-83-47)69(103)91-61(27-42-9-15-48(108-4)16-10-42)72(106)93-24-7-21-74(93,3)73(107)92-55(64(78)98)26-41-11-17-49(18-12-41)109-25-23-80-62(95)33-59(85-40(2)94)70(104)86-54(66(100)84-39)8-5-6-22-77/h9-20,30-31,35-39,54-61,81-82H,5-8,21-29,32-34,77H2,1-4H3,(H2,78,98)(H,79,83)(H,80,95)(H,84,100)(H,85,94)(H,86,104)(H,87,99)(H,88,101)(H,89,105)(H,90,102)(H,91,103)(H,92,107)(H,96,97)/t39-,54+,55+,56+,57+,58+,59+,60+,61+,74+/m1/s1. The van der Waals surface area contributed by atoms with Gasteiger partial charge in [0.05, 0.1) is 32.8 Å². The number of H-pyrrole nitrogens is 3. The maximum atomic E-state index is 15.3. The molecule has 3 aliphatic heterocycles. The second kappa shape index (κ2) is 37.3. The van der Waals surface area contributed by atoms with Gasteiger partial charge in [0, 0.05) is 91.7 Å². The maximum Gasteiger partial charge on any atom is 0.305 e. The zero-order valence-corrected chi connectivity index (χ0v) is 60.3. The molecule has 4 aromatic carbocycles. The van der Waals surface area contributed by atoms with E-state index in [-0.39, 0.29) is 92.4 Å². The van der Waals surface area contributed by atoms with Gasteiger partial charge in [-0.05, 0) is 135 Å². The van der Waals surface area contributed by atoms with Crippen LogP contribution in [0, 0.1) is 11.6 Å². The lowest BCUT2D eigenvalue weighted by Crippen LogP contribution is -2.63. The van der Waals surface area contributed by atoms with Crippen LogP contribution in [0.4, 0.5) is 8.78 Å². The summed E-state index contributed by atoms with van der Waals surface area (Å²) in [5.74, 6) is -13.7. The molecule has 2 bridgehead atoms. The van der Waals surface area contributed by atoms with Gasteiger partial charge < -0.3 is 99.1 Å². The van der Waals surface area contributed by atoms with Gasteiger partial charge in [0.15, 0.2) is 0 Å². The average Bonchev–Trinajstić information content (AvgIpc) is 1.67. The van der Waals surface area contributed by atoms with Crippen molar-refractivity contribution < 1.29 is 85.7 Å². The van der Waals surface area contributed by atoms with Crippen molar-refractivity contribution in [2.75, 3.05) is 33.4 Å². The number of benzene rings is 4. The predicted octanol–water partition coefficient (Wildman–Crippen LogP) is -0.0558. The number of hydrogen-bond donors (Lipinski definition) is 16. The molecule has 12 amide bonds. The molecule has 10 rings (SSSR count). The third-order valence-electron chi connectivity index (χ3n) is 18.9. The molecule has 3 aromatic heterocycles. The number of carbonyl (C=O) groups is 13. The monoisotopic (exact) mass is 1510 g/mol.